The van der Waals surface area contributed by atoms with Gasteiger partial charge < -0.3 is 9.73 Å². The summed E-state index contributed by atoms with van der Waals surface area (Å²) in [6.45, 7) is 0. The lowest BCUT2D eigenvalue weighted by atomic mass is 10.1. The second-order valence-electron chi connectivity index (χ2n) is 7.28. The number of halogens is 2. The van der Waals surface area contributed by atoms with Crippen LogP contribution in [0.4, 0.5) is 11.4 Å². The highest BCUT2D eigenvalue weighted by molar-refractivity contribution is 9.10. The minimum Gasteiger partial charge on any atom is -0.451 e. The Morgan fingerprint density at radius 1 is 0.879 bits per heavy atom. The SMILES string of the molecule is O=C(Nc1ccc(N2C(=O)c3ccccc3C2=O)cc1Cl)c1ccc(-c2ccc(Br)cc2)o1. The molecule has 0 radical (unpaired) electrons. The second kappa shape index (κ2) is 8.35. The Morgan fingerprint density at radius 2 is 1.55 bits per heavy atom. The van der Waals surface area contributed by atoms with E-state index in [4.69, 9.17) is 16.0 Å². The van der Waals surface area contributed by atoms with E-state index in [2.05, 4.69) is 21.2 Å². The lowest BCUT2D eigenvalue weighted by Crippen LogP contribution is -2.29. The van der Waals surface area contributed by atoms with E-state index in [0.29, 0.717) is 28.3 Å². The molecule has 3 amide bonds. The summed E-state index contributed by atoms with van der Waals surface area (Å²) in [4.78, 5) is 39.1. The molecule has 1 aliphatic heterocycles. The fourth-order valence-corrected chi connectivity index (χ4v) is 4.07. The molecule has 1 N–H and O–H groups in total. The standard InChI is InChI=1S/C25H14BrClN2O4/c26-15-7-5-14(6-8-15)21-11-12-22(33-21)23(30)28-20-10-9-16(13-19(20)27)29-24(31)17-3-1-2-4-18(17)25(29)32/h1-13H,(H,28,30). The summed E-state index contributed by atoms with van der Waals surface area (Å²) in [7, 11) is 0. The van der Waals surface area contributed by atoms with Crippen molar-refractivity contribution < 1.29 is 18.8 Å². The van der Waals surface area contributed by atoms with Gasteiger partial charge >= 0.3 is 0 Å². The molecule has 2 heterocycles. The highest BCUT2D eigenvalue weighted by atomic mass is 79.9. The van der Waals surface area contributed by atoms with Crippen LogP contribution in [0.1, 0.15) is 31.3 Å². The van der Waals surface area contributed by atoms with Gasteiger partial charge in [-0.3, -0.25) is 14.4 Å². The Labute approximate surface area is 201 Å². The van der Waals surface area contributed by atoms with Crippen molar-refractivity contribution in [2.45, 2.75) is 0 Å². The van der Waals surface area contributed by atoms with Crippen LogP contribution in [0.3, 0.4) is 0 Å². The predicted molar refractivity (Wildman–Crippen MR) is 129 cm³/mol. The first-order chi connectivity index (χ1) is 15.9. The van der Waals surface area contributed by atoms with Crippen LogP contribution in [0.2, 0.25) is 5.02 Å². The van der Waals surface area contributed by atoms with Gasteiger partial charge in [0.25, 0.3) is 17.7 Å². The molecule has 4 aromatic rings. The molecule has 162 valence electrons. The van der Waals surface area contributed by atoms with Gasteiger partial charge in [-0.25, -0.2) is 4.90 Å². The van der Waals surface area contributed by atoms with Gasteiger partial charge in [0.2, 0.25) is 0 Å². The summed E-state index contributed by atoms with van der Waals surface area (Å²) in [5.74, 6) is -0.638. The number of hydrogen-bond donors (Lipinski definition) is 1. The third-order valence-electron chi connectivity index (χ3n) is 5.21. The van der Waals surface area contributed by atoms with E-state index in [-0.39, 0.29) is 10.8 Å². The zero-order valence-corrected chi connectivity index (χ0v) is 19.2. The minimum atomic E-state index is -0.478. The fraction of sp³-hybridized carbons (Fsp3) is 0. The van der Waals surface area contributed by atoms with Crippen molar-refractivity contribution in [3.63, 3.8) is 0 Å². The first kappa shape index (κ1) is 21.2. The molecule has 0 atom stereocenters. The van der Waals surface area contributed by atoms with Crippen LogP contribution in [0, 0.1) is 0 Å². The molecular weight excluding hydrogens is 508 g/mol. The van der Waals surface area contributed by atoms with E-state index in [1.807, 2.05) is 24.3 Å². The Bertz CT molecular complexity index is 1390. The van der Waals surface area contributed by atoms with E-state index in [9.17, 15) is 14.4 Å². The van der Waals surface area contributed by atoms with Gasteiger partial charge in [-0.15, -0.1) is 0 Å². The van der Waals surface area contributed by atoms with Gasteiger partial charge in [0.05, 0.1) is 27.5 Å². The van der Waals surface area contributed by atoms with Crippen molar-refractivity contribution in [2.75, 3.05) is 10.2 Å². The highest BCUT2D eigenvalue weighted by Gasteiger charge is 2.36. The van der Waals surface area contributed by atoms with E-state index < -0.39 is 17.7 Å². The Kier molecular flexibility index (Phi) is 5.36. The Hall–Kier alpha value is -3.68. The molecule has 3 aromatic carbocycles. The highest BCUT2D eigenvalue weighted by Crippen LogP contribution is 2.33. The number of carbonyl (C=O) groups excluding carboxylic acids is 3. The predicted octanol–water partition coefficient (Wildman–Crippen LogP) is 6.42. The van der Waals surface area contributed by atoms with Crippen molar-refractivity contribution in [1.82, 2.24) is 0 Å². The number of furan rings is 1. The molecule has 0 saturated carbocycles. The smallest absolute Gasteiger partial charge is 0.291 e. The Balaban J connectivity index is 1.35. The number of benzene rings is 3. The summed E-state index contributed by atoms with van der Waals surface area (Å²) in [6, 6.07) is 22.0. The van der Waals surface area contributed by atoms with Crippen LogP contribution in [0.5, 0.6) is 0 Å². The molecule has 0 unspecified atom stereocenters. The second-order valence-corrected chi connectivity index (χ2v) is 8.60. The molecule has 0 aliphatic carbocycles. The number of carbonyl (C=O) groups is 3. The lowest BCUT2D eigenvalue weighted by molar-refractivity contribution is 0.0924. The van der Waals surface area contributed by atoms with Crippen molar-refractivity contribution in [2.24, 2.45) is 0 Å². The number of imide groups is 1. The molecule has 1 aromatic heterocycles. The average Bonchev–Trinajstić information content (AvgIpc) is 3.40. The first-order valence-corrected chi connectivity index (χ1v) is 11.0. The topological polar surface area (TPSA) is 79.6 Å². The minimum absolute atomic E-state index is 0.119. The van der Waals surface area contributed by atoms with Crippen molar-refractivity contribution in [3.8, 4) is 11.3 Å². The lowest BCUT2D eigenvalue weighted by Gasteiger charge is -2.15. The molecule has 0 saturated heterocycles. The van der Waals surface area contributed by atoms with Gasteiger partial charge in [-0.2, -0.15) is 0 Å². The molecule has 33 heavy (non-hydrogen) atoms. The van der Waals surface area contributed by atoms with Crippen LogP contribution in [0.15, 0.2) is 87.8 Å². The number of anilines is 2. The number of fused-ring (bicyclic) bond motifs is 1. The van der Waals surface area contributed by atoms with E-state index in [1.54, 1.807) is 42.5 Å². The maximum atomic E-state index is 12.7. The summed E-state index contributed by atoms with van der Waals surface area (Å²) < 4.78 is 6.62. The number of nitrogens with one attached hydrogen (secondary N) is 1. The van der Waals surface area contributed by atoms with Crippen LogP contribution in [-0.2, 0) is 0 Å². The zero-order valence-electron chi connectivity index (χ0n) is 16.8. The largest absolute Gasteiger partial charge is 0.451 e. The normalized spacial score (nSPS) is 12.7. The molecule has 0 fully saturated rings. The zero-order chi connectivity index (χ0) is 23.1. The molecular formula is C25H14BrClN2O4. The van der Waals surface area contributed by atoms with Crippen LogP contribution < -0.4 is 10.2 Å². The molecule has 0 bridgehead atoms. The van der Waals surface area contributed by atoms with Crippen molar-refractivity contribution in [3.05, 3.63) is 105 Å². The van der Waals surface area contributed by atoms with E-state index >= 15 is 0 Å². The van der Waals surface area contributed by atoms with Gasteiger partial charge in [-0.05, 0) is 54.6 Å². The summed E-state index contributed by atoms with van der Waals surface area (Å²) in [5, 5.41) is 2.88. The summed E-state index contributed by atoms with van der Waals surface area (Å²) in [6.07, 6.45) is 0. The first-order valence-electron chi connectivity index (χ1n) is 9.87. The number of amides is 3. The maximum absolute atomic E-state index is 12.7. The molecule has 6 nitrogen and oxygen atoms in total. The summed E-state index contributed by atoms with van der Waals surface area (Å²) >= 11 is 9.75. The van der Waals surface area contributed by atoms with Gasteiger partial charge in [-0.1, -0.05) is 51.8 Å². The number of nitrogens with zero attached hydrogens (tertiary/aromatic N) is 1. The molecule has 0 spiro atoms. The quantitative estimate of drug-likeness (QED) is 0.315. The molecule has 8 heteroatoms. The van der Waals surface area contributed by atoms with Gasteiger partial charge in [0.15, 0.2) is 5.76 Å². The Morgan fingerprint density at radius 3 is 2.18 bits per heavy atom. The third-order valence-corrected chi connectivity index (χ3v) is 6.05. The molecule has 1 aliphatic rings. The van der Waals surface area contributed by atoms with Gasteiger partial charge in [0.1, 0.15) is 5.76 Å². The van der Waals surface area contributed by atoms with Gasteiger partial charge in [0, 0.05) is 10.0 Å². The maximum Gasteiger partial charge on any atom is 0.291 e. The van der Waals surface area contributed by atoms with Crippen molar-refractivity contribution in [1.29, 1.82) is 0 Å². The van der Waals surface area contributed by atoms with Crippen LogP contribution in [0.25, 0.3) is 11.3 Å². The van der Waals surface area contributed by atoms with Crippen LogP contribution >= 0.6 is 27.5 Å². The summed E-state index contributed by atoms with van der Waals surface area (Å²) in [5.41, 5.74) is 2.16. The number of rotatable bonds is 4. The fourth-order valence-electron chi connectivity index (χ4n) is 3.58. The monoisotopic (exact) mass is 520 g/mol. The third kappa shape index (κ3) is 3.86. The number of hydrogen-bond acceptors (Lipinski definition) is 4. The van der Waals surface area contributed by atoms with Crippen molar-refractivity contribution >= 4 is 56.6 Å². The van der Waals surface area contributed by atoms with E-state index in [1.165, 1.54) is 12.1 Å². The molecule has 5 rings (SSSR count). The average molecular weight is 522 g/mol. The van der Waals surface area contributed by atoms with E-state index in [0.717, 1.165) is 14.9 Å². The van der Waals surface area contributed by atoms with Crippen LogP contribution in [-0.4, -0.2) is 17.7 Å².